The van der Waals surface area contributed by atoms with E-state index in [2.05, 4.69) is 4.90 Å². The molecule has 0 atom stereocenters. The normalized spacial score (nSPS) is 16.9. The van der Waals surface area contributed by atoms with Crippen LogP contribution in [0.5, 0.6) is 0 Å². The number of carboxylic acid groups (broad SMARTS) is 1. The fourth-order valence-corrected chi connectivity index (χ4v) is 2.94. The Balaban J connectivity index is 2.04. The number of thioether (sulfide) groups is 1. The van der Waals surface area contributed by atoms with Gasteiger partial charge in [0.1, 0.15) is 5.82 Å². The first-order valence-electron chi connectivity index (χ1n) is 6.15. The van der Waals surface area contributed by atoms with Gasteiger partial charge in [-0.2, -0.15) is 11.8 Å². The Morgan fingerprint density at radius 2 is 2.16 bits per heavy atom. The molecule has 19 heavy (non-hydrogen) atoms. The van der Waals surface area contributed by atoms with Crippen LogP contribution in [-0.2, 0) is 11.3 Å². The number of rotatable bonds is 4. The van der Waals surface area contributed by atoms with Crippen molar-refractivity contribution in [3.8, 4) is 0 Å². The highest BCUT2D eigenvalue weighted by Gasteiger charge is 2.12. The van der Waals surface area contributed by atoms with E-state index in [1.165, 1.54) is 12.1 Å². The van der Waals surface area contributed by atoms with Crippen molar-refractivity contribution in [2.75, 3.05) is 24.6 Å². The van der Waals surface area contributed by atoms with Crippen LogP contribution in [0.25, 0.3) is 6.08 Å². The fourth-order valence-electron chi connectivity index (χ4n) is 1.96. The number of hydrogen-bond acceptors (Lipinski definition) is 3. The van der Waals surface area contributed by atoms with Crippen LogP contribution in [0.4, 0.5) is 4.39 Å². The molecule has 1 N–H and O–H groups in total. The van der Waals surface area contributed by atoms with Gasteiger partial charge in [-0.25, -0.2) is 9.18 Å². The summed E-state index contributed by atoms with van der Waals surface area (Å²) in [5.74, 6) is 0.892. The van der Waals surface area contributed by atoms with Gasteiger partial charge in [0.2, 0.25) is 0 Å². The zero-order valence-corrected chi connectivity index (χ0v) is 11.3. The molecule has 1 aliphatic heterocycles. The van der Waals surface area contributed by atoms with Crippen LogP contribution >= 0.6 is 11.8 Å². The molecule has 0 bridgehead atoms. The van der Waals surface area contributed by atoms with E-state index in [9.17, 15) is 9.18 Å². The smallest absolute Gasteiger partial charge is 0.328 e. The van der Waals surface area contributed by atoms with Gasteiger partial charge in [-0.1, -0.05) is 12.1 Å². The van der Waals surface area contributed by atoms with Gasteiger partial charge in [0.25, 0.3) is 0 Å². The molecule has 0 unspecified atom stereocenters. The van der Waals surface area contributed by atoms with Gasteiger partial charge in [0, 0.05) is 42.8 Å². The molecule has 1 heterocycles. The minimum Gasteiger partial charge on any atom is -0.478 e. The van der Waals surface area contributed by atoms with Gasteiger partial charge in [-0.05, 0) is 17.7 Å². The zero-order chi connectivity index (χ0) is 13.7. The highest BCUT2D eigenvalue weighted by atomic mass is 32.2. The minimum atomic E-state index is -1.03. The first kappa shape index (κ1) is 14.1. The molecule has 2 rings (SSSR count). The molecular weight excluding hydrogens is 265 g/mol. The SMILES string of the molecule is O=C(O)C=Cc1ccc(CN2CCSCC2)c(F)c1. The predicted octanol–water partition coefficient (Wildman–Crippen LogP) is 2.47. The van der Waals surface area contributed by atoms with Crippen LogP contribution < -0.4 is 0 Å². The summed E-state index contributed by atoms with van der Waals surface area (Å²) in [5.41, 5.74) is 1.23. The van der Waals surface area contributed by atoms with Crippen molar-refractivity contribution in [2.24, 2.45) is 0 Å². The molecule has 3 nitrogen and oxygen atoms in total. The Bertz CT molecular complexity index is 484. The lowest BCUT2D eigenvalue weighted by atomic mass is 10.1. The summed E-state index contributed by atoms with van der Waals surface area (Å²) in [6, 6.07) is 4.86. The van der Waals surface area contributed by atoms with E-state index in [1.54, 1.807) is 12.1 Å². The Labute approximate surface area is 116 Å². The Morgan fingerprint density at radius 1 is 1.42 bits per heavy atom. The maximum Gasteiger partial charge on any atom is 0.328 e. The van der Waals surface area contributed by atoms with Crippen molar-refractivity contribution in [3.05, 3.63) is 41.2 Å². The maximum absolute atomic E-state index is 13.9. The number of halogens is 1. The number of carboxylic acids is 1. The molecule has 0 aromatic heterocycles. The van der Waals surface area contributed by atoms with Crippen LogP contribution in [0.2, 0.25) is 0 Å². The van der Waals surface area contributed by atoms with Gasteiger partial charge in [0.15, 0.2) is 0 Å². The van der Waals surface area contributed by atoms with E-state index in [4.69, 9.17) is 5.11 Å². The second-order valence-corrected chi connectivity index (χ2v) is 5.64. The van der Waals surface area contributed by atoms with Crippen molar-refractivity contribution >= 4 is 23.8 Å². The molecule has 0 amide bonds. The average molecular weight is 281 g/mol. The van der Waals surface area contributed by atoms with Crippen LogP contribution in [0.1, 0.15) is 11.1 Å². The average Bonchev–Trinajstić information content (AvgIpc) is 2.40. The minimum absolute atomic E-state index is 0.272. The molecule has 1 aromatic rings. The summed E-state index contributed by atoms with van der Waals surface area (Å²) in [6.45, 7) is 2.60. The third-order valence-corrected chi connectivity index (χ3v) is 3.94. The van der Waals surface area contributed by atoms with Crippen molar-refractivity contribution in [2.45, 2.75) is 6.54 Å². The van der Waals surface area contributed by atoms with E-state index in [0.717, 1.165) is 30.7 Å². The van der Waals surface area contributed by atoms with Gasteiger partial charge in [-0.15, -0.1) is 0 Å². The summed E-state index contributed by atoms with van der Waals surface area (Å²) in [5, 5.41) is 8.53. The van der Waals surface area contributed by atoms with Crippen molar-refractivity contribution in [3.63, 3.8) is 0 Å². The molecule has 0 spiro atoms. The molecule has 1 fully saturated rings. The Hall–Kier alpha value is -1.33. The standard InChI is InChI=1S/C14H16FNO2S/c15-13-9-11(2-4-14(17)18)1-3-12(13)10-16-5-7-19-8-6-16/h1-4,9H,5-8,10H2,(H,17,18). The lowest BCUT2D eigenvalue weighted by molar-refractivity contribution is -0.131. The lowest BCUT2D eigenvalue weighted by Gasteiger charge is -2.26. The second kappa shape index (κ2) is 6.73. The summed E-state index contributed by atoms with van der Waals surface area (Å²) < 4.78 is 13.9. The third-order valence-electron chi connectivity index (χ3n) is 2.99. The summed E-state index contributed by atoms with van der Waals surface area (Å²) in [4.78, 5) is 12.6. The van der Waals surface area contributed by atoms with Crippen LogP contribution in [0.3, 0.4) is 0 Å². The number of hydrogen-bond donors (Lipinski definition) is 1. The Kier molecular flexibility index (Phi) is 4.99. The largest absolute Gasteiger partial charge is 0.478 e. The number of carbonyl (C=O) groups is 1. The zero-order valence-electron chi connectivity index (χ0n) is 10.5. The summed E-state index contributed by atoms with van der Waals surface area (Å²) in [7, 11) is 0. The monoisotopic (exact) mass is 281 g/mol. The molecule has 1 aliphatic rings. The second-order valence-electron chi connectivity index (χ2n) is 4.41. The summed E-state index contributed by atoms with van der Waals surface area (Å²) in [6.07, 6.45) is 2.41. The van der Waals surface area contributed by atoms with Crippen molar-refractivity contribution in [1.82, 2.24) is 4.90 Å². The molecule has 1 aromatic carbocycles. The highest BCUT2D eigenvalue weighted by Crippen LogP contribution is 2.17. The van der Waals surface area contributed by atoms with Gasteiger partial charge < -0.3 is 5.11 Å². The van der Waals surface area contributed by atoms with Crippen LogP contribution in [-0.4, -0.2) is 40.6 Å². The van der Waals surface area contributed by atoms with E-state index in [0.29, 0.717) is 17.7 Å². The number of benzene rings is 1. The first-order chi connectivity index (χ1) is 9.15. The molecule has 0 aliphatic carbocycles. The topological polar surface area (TPSA) is 40.5 Å². The maximum atomic E-state index is 13.9. The predicted molar refractivity (Wildman–Crippen MR) is 75.7 cm³/mol. The number of nitrogens with zero attached hydrogens (tertiary/aromatic N) is 1. The quantitative estimate of drug-likeness (QED) is 0.861. The van der Waals surface area contributed by atoms with Crippen molar-refractivity contribution < 1.29 is 14.3 Å². The van der Waals surface area contributed by atoms with Crippen molar-refractivity contribution in [1.29, 1.82) is 0 Å². The lowest BCUT2D eigenvalue weighted by Crippen LogP contribution is -2.32. The van der Waals surface area contributed by atoms with Crippen LogP contribution in [0, 0.1) is 5.82 Å². The van der Waals surface area contributed by atoms with Gasteiger partial charge in [0.05, 0.1) is 0 Å². The van der Waals surface area contributed by atoms with Gasteiger partial charge in [-0.3, -0.25) is 4.90 Å². The molecule has 102 valence electrons. The molecule has 0 saturated carbocycles. The summed E-state index contributed by atoms with van der Waals surface area (Å²) >= 11 is 1.93. The first-order valence-corrected chi connectivity index (χ1v) is 7.30. The highest BCUT2D eigenvalue weighted by molar-refractivity contribution is 7.99. The van der Waals surface area contributed by atoms with E-state index in [-0.39, 0.29) is 5.82 Å². The molecule has 5 heteroatoms. The van der Waals surface area contributed by atoms with E-state index in [1.807, 2.05) is 11.8 Å². The number of aliphatic carboxylic acids is 1. The van der Waals surface area contributed by atoms with E-state index >= 15 is 0 Å². The molecule has 0 radical (unpaired) electrons. The molecule has 1 saturated heterocycles. The van der Waals surface area contributed by atoms with E-state index < -0.39 is 5.97 Å². The van der Waals surface area contributed by atoms with Crippen LogP contribution in [0.15, 0.2) is 24.3 Å². The molecular formula is C14H16FNO2S. The Morgan fingerprint density at radius 3 is 2.79 bits per heavy atom. The third kappa shape index (κ3) is 4.36. The fraction of sp³-hybridized carbons (Fsp3) is 0.357. The van der Waals surface area contributed by atoms with Gasteiger partial charge >= 0.3 is 5.97 Å².